The molecule has 6 N–H and O–H groups in total. The molecule has 1 aliphatic heterocycles. The number of aliphatic hydroxyl groups excluding tert-OH is 5. The van der Waals surface area contributed by atoms with Gasteiger partial charge in [0.2, 0.25) is 5.91 Å². The molecule has 430 valence electrons. The molecule has 0 aliphatic carbocycles. The van der Waals surface area contributed by atoms with Crippen LogP contribution >= 0.6 is 0 Å². The zero-order valence-corrected chi connectivity index (χ0v) is 48.0. The molecule has 0 saturated carbocycles. The van der Waals surface area contributed by atoms with E-state index in [0.29, 0.717) is 12.8 Å². The van der Waals surface area contributed by atoms with Crippen LogP contribution in [0.1, 0.15) is 341 Å². The highest BCUT2D eigenvalue weighted by molar-refractivity contribution is 5.76. The third kappa shape index (κ3) is 42.3. The molecule has 0 spiro atoms. The van der Waals surface area contributed by atoms with E-state index in [4.69, 9.17) is 9.47 Å². The van der Waals surface area contributed by atoms with Crippen molar-refractivity contribution in [3.63, 3.8) is 0 Å². The van der Waals surface area contributed by atoms with Gasteiger partial charge in [-0.15, -0.1) is 0 Å². The Kier molecular flexibility index (Phi) is 51.5. The summed E-state index contributed by atoms with van der Waals surface area (Å²) < 4.78 is 11.3. The highest BCUT2D eigenvalue weighted by atomic mass is 16.7. The van der Waals surface area contributed by atoms with Crippen LogP contribution in [0.3, 0.4) is 0 Å². The van der Waals surface area contributed by atoms with Gasteiger partial charge in [0.05, 0.1) is 25.4 Å². The molecule has 0 radical (unpaired) electrons. The molecule has 9 heteroatoms. The largest absolute Gasteiger partial charge is 0.394 e. The third-order valence-electron chi connectivity index (χ3n) is 16.0. The van der Waals surface area contributed by atoms with Crippen LogP contribution in [0.25, 0.3) is 0 Å². The summed E-state index contributed by atoms with van der Waals surface area (Å²) in [7, 11) is 0. The number of carbonyl (C=O) groups is 1. The summed E-state index contributed by atoms with van der Waals surface area (Å²) in [4.78, 5) is 13.1. The van der Waals surface area contributed by atoms with E-state index in [-0.39, 0.29) is 12.5 Å². The molecule has 1 aliphatic rings. The molecular weight excluding hydrogens is 899 g/mol. The van der Waals surface area contributed by atoms with Crippen molar-refractivity contribution < 1.29 is 39.8 Å². The van der Waals surface area contributed by atoms with Gasteiger partial charge in [-0.1, -0.05) is 322 Å². The summed E-state index contributed by atoms with van der Waals surface area (Å²) in [5.74, 6) is -0.135. The molecule has 72 heavy (non-hydrogen) atoms. The first-order chi connectivity index (χ1) is 35.3. The van der Waals surface area contributed by atoms with E-state index >= 15 is 0 Å². The molecule has 0 aromatic heterocycles. The predicted octanol–water partition coefficient (Wildman–Crippen LogP) is 16.6. The van der Waals surface area contributed by atoms with E-state index in [1.165, 1.54) is 276 Å². The van der Waals surface area contributed by atoms with Gasteiger partial charge < -0.3 is 40.3 Å². The number of unbranched alkanes of at least 4 members (excludes halogenated alkanes) is 47. The zero-order chi connectivity index (χ0) is 52.2. The quantitative estimate of drug-likeness (QED) is 0.0330. The number of nitrogens with one attached hydrogen (secondary N) is 1. The summed E-state index contributed by atoms with van der Waals surface area (Å²) in [6.45, 7) is 3.89. The maximum absolute atomic E-state index is 13.1. The standard InChI is InChI=1S/C63H125NO8/c1-3-5-7-9-11-13-15-17-19-21-22-23-24-25-26-27-28-29-30-31-32-33-34-35-37-39-41-43-45-47-49-51-53-59(67)64-56(55-71-63-62(70)61(69)60(68)58(54-65)72-63)57(66)52-50-48-46-44-42-40-38-36-20-18-16-14-12-10-8-6-4-2/h56-58,60-63,65-66,68-70H,3-55H2,1-2H3,(H,64,67). The second kappa shape index (κ2) is 53.6. The van der Waals surface area contributed by atoms with Gasteiger partial charge in [0.25, 0.3) is 0 Å². The Bertz CT molecular complexity index is 1100. The first-order valence-electron chi connectivity index (χ1n) is 32.2. The van der Waals surface area contributed by atoms with Crippen LogP contribution in [-0.4, -0.2) is 87.5 Å². The fraction of sp³-hybridized carbons (Fsp3) is 0.984. The summed E-state index contributed by atoms with van der Waals surface area (Å²) in [6, 6.07) is -0.714. The minimum atomic E-state index is -1.55. The van der Waals surface area contributed by atoms with Crippen molar-refractivity contribution in [2.75, 3.05) is 13.2 Å². The van der Waals surface area contributed by atoms with Gasteiger partial charge in [-0.2, -0.15) is 0 Å². The summed E-state index contributed by atoms with van der Waals surface area (Å²) >= 11 is 0. The van der Waals surface area contributed by atoms with Crippen molar-refractivity contribution in [1.29, 1.82) is 0 Å². The van der Waals surface area contributed by atoms with E-state index in [1.54, 1.807) is 0 Å². The lowest BCUT2D eigenvalue weighted by atomic mass is 9.99. The highest BCUT2D eigenvalue weighted by Gasteiger charge is 2.44. The third-order valence-corrected chi connectivity index (χ3v) is 16.0. The van der Waals surface area contributed by atoms with Crippen molar-refractivity contribution in [1.82, 2.24) is 5.32 Å². The van der Waals surface area contributed by atoms with Crippen LogP contribution in [0.15, 0.2) is 0 Å². The number of rotatable bonds is 57. The topological polar surface area (TPSA) is 149 Å². The molecule has 7 atom stereocenters. The van der Waals surface area contributed by atoms with Gasteiger partial charge in [-0.3, -0.25) is 4.79 Å². The smallest absolute Gasteiger partial charge is 0.220 e. The van der Waals surface area contributed by atoms with Crippen LogP contribution in [0.5, 0.6) is 0 Å². The van der Waals surface area contributed by atoms with Gasteiger partial charge >= 0.3 is 0 Å². The van der Waals surface area contributed by atoms with Crippen molar-refractivity contribution in [2.24, 2.45) is 0 Å². The highest BCUT2D eigenvalue weighted by Crippen LogP contribution is 2.24. The van der Waals surface area contributed by atoms with E-state index in [0.717, 1.165) is 38.5 Å². The Hall–Kier alpha value is -0.810. The molecule has 9 nitrogen and oxygen atoms in total. The van der Waals surface area contributed by atoms with Crippen LogP contribution < -0.4 is 5.32 Å². The number of hydrogen-bond acceptors (Lipinski definition) is 8. The fourth-order valence-electron chi connectivity index (χ4n) is 10.9. The van der Waals surface area contributed by atoms with Gasteiger partial charge in [-0.05, 0) is 12.8 Å². The van der Waals surface area contributed by atoms with Crippen molar-refractivity contribution >= 4 is 5.91 Å². The Morgan fingerprint density at radius 1 is 0.417 bits per heavy atom. The molecule has 0 aromatic carbocycles. The second-order valence-electron chi connectivity index (χ2n) is 22.9. The fourth-order valence-corrected chi connectivity index (χ4v) is 10.9. The molecule has 7 unspecified atom stereocenters. The minimum absolute atomic E-state index is 0.131. The Morgan fingerprint density at radius 3 is 0.986 bits per heavy atom. The molecule has 0 bridgehead atoms. The van der Waals surface area contributed by atoms with Gasteiger partial charge in [0, 0.05) is 6.42 Å². The lowest BCUT2D eigenvalue weighted by molar-refractivity contribution is -0.302. The van der Waals surface area contributed by atoms with Crippen LogP contribution in [0.4, 0.5) is 0 Å². The van der Waals surface area contributed by atoms with Crippen molar-refractivity contribution in [3.05, 3.63) is 0 Å². The summed E-state index contributed by atoms with van der Waals surface area (Å²) in [5.41, 5.74) is 0. The Labute approximate surface area is 446 Å². The summed E-state index contributed by atoms with van der Waals surface area (Å²) in [6.07, 6.45) is 58.8. The molecule has 0 aromatic rings. The van der Waals surface area contributed by atoms with Gasteiger partial charge in [-0.25, -0.2) is 0 Å². The molecule has 1 fully saturated rings. The van der Waals surface area contributed by atoms with Crippen molar-refractivity contribution in [2.45, 2.75) is 384 Å². The molecule has 1 rings (SSSR count). The van der Waals surface area contributed by atoms with Crippen LogP contribution in [0.2, 0.25) is 0 Å². The van der Waals surface area contributed by atoms with E-state index < -0.39 is 49.5 Å². The van der Waals surface area contributed by atoms with Gasteiger partial charge in [0.15, 0.2) is 6.29 Å². The molecule has 1 heterocycles. The SMILES string of the molecule is CCCCCCCCCCCCCCCCCCCCCCCCCCCCCCCCCCC(=O)NC(COC1OC(CO)C(O)C(O)C1O)C(O)CCCCCCCCCCCCCCCCCCC. The predicted molar refractivity (Wildman–Crippen MR) is 304 cm³/mol. The lowest BCUT2D eigenvalue weighted by Gasteiger charge is -2.40. The zero-order valence-electron chi connectivity index (χ0n) is 48.0. The average molecular weight is 1020 g/mol. The number of aliphatic hydroxyl groups is 5. The van der Waals surface area contributed by atoms with Gasteiger partial charge in [0.1, 0.15) is 24.4 Å². The maximum Gasteiger partial charge on any atom is 0.220 e. The van der Waals surface area contributed by atoms with Crippen LogP contribution in [0, 0.1) is 0 Å². The Balaban J connectivity index is 2.08. The number of carbonyl (C=O) groups excluding carboxylic acids is 1. The number of hydrogen-bond donors (Lipinski definition) is 6. The first-order valence-corrected chi connectivity index (χ1v) is 32.2. The monoisotopic (exact) mass is 1020 g/mol. The molecule has 1 saturated heterocycles. The minimum Gasteiger partial charge on any atom is -0.394 e. The maximum atomic E-state index is 13.1. The van der Waals surface area contributed by atoms with E-state index in [9.17, 15) is 30.3 Å². The first kappa shape index (κ1) is 69.2. The van der Waals surface area contributed by atoms with Crippen LogP contribution in [-0.2, 0) is 14.3 Å². The molecular formula is C63H125NO8. The number of amides is 1. The lowest BCUT2D eigenvalue weighted by Crippen LogP contribution is -2.60. The average Bonchev–Trinajstić information content (AvgIpc) is 3.38. The number of ether oxygens (including phenoxy) is 2. The van der Waals surface area contributed by atoms with Crippen molar-refractivity contribution in [3.8, 4) is 0 Å². The Morgan fingerprint density at radius 2 is 0.694 bits per heavy atom. The van der Waals surface area contributed by atoms with E-state index in [2.05, 4.69) is 19.2 Å². The molecule has 1 amide bonds. The normalized spacial score (nSPS) is 19.0. The summed E-state index contributed by atoms with van der Waals surface area (Å²) in [5, 5.41) is 54.8. The second-order valence-corrected chi connectivity index (χ2v) is 22.9. The van der Waals surface area contributed by atoms with E-state index in [1.807, 2.05) is 0 Å².